The molecule has 2 aliphatic heterocycles. The van der Waals surface area contributed by atoms with Crippen LogP contribution in [0.3, 0.4) is 0 Å². The molecule has 1 aromatic rings. The first-order valence-electron chi connectivity index (χ1n) is 6.47. The normalized spacial score (nSPS) is 20.2. The van der Waals surface area contributed by atoms with Crippen LogP contribution < -0.4 is 16.5 Å². The lowest BCUT2D eigenvalue weighted by Gasteiger charge is -2.16. The number of nitrogens with one attached hydrogen (secondary N) is 3. The highest BCUT2D eigenvalue weighted by Crippen LogP contribution is 2.22. The molecule has 0 fully saturated rings. The van der Waals surface area contributed by atoms with Gasteiger partial charge in [-0.2, -0.15) is 5.10 Å². The van der Waals surface area contributed by atoms with E-state index in [1.807, 2.05) is 30.5 Å². The molecule has 1 aromatic carbocycles. The molecule has 0 amide bonds. The number of rotatable bonds is 3. The van der Waals surface area contributed by atoms with Gasteiger partial charge in [0.1, 0.15) is 6.67 Å². The smallest absolute Gasteiger partial charge is 0.154 e. The van der Waals surface area contributed by atoms with Crippen molar-refractivity contribution >= 4 is 23.4 Å². The van der Waals surface area contributed by atoms with Crippen molar-refractivity contribution in [3.05, 3.63) is 41.6 Å². The van der Waals surface area contributed by atoms with Crippen molar-refractivity contribution < 1.29 is 0 Å². The van der Waals surface area contributed by atoms with Gasteiger partial charge in [-0.25, -0.2) is 0 Å². The monoisotopic (exact) mass is 268 g/mol. The van der Waals surface area contributed by atoms with E-state index in [2.05, 4.69) is 20.8 Å². The fraction of sp³-hybridized carbons (Fsp3) is 0.214. The fourth-order valence-corrected chi connectivity index (χ4v) is 2.27. The molecule has 0 radical (unpaired) electrons. The second-order valence-corrected chi connectivity index (χ2v) is 4.70. The van der Waals surface area contributed by atoms with Gasteiger partial charge < -0.3 is 16.5 Å². The van der Waals surface area contributed by atoms with Gasteiger partial charge in [-0.3, -0.25) is 10.4 Å². The van der Waals surface area contributed by atoms with Crippen LogP contribution in [-0.4, -0.2) is 24.4 Å². The summed E-state index contributed by atoms with van der Waals surface area (Å²) in [6.45, 7) is 0.619. The number of nitrogens with zero attached hydrogens (tertiary/aromatic N) is 2. The number of hydrogen-bond donors (Lipinski definition) is 4. The van der Waals surface area contributed by atoms with Gasteiger partial charge in [0.05, 0.1) is 0 Å². The van der Waals surface area contributed by atoms with Crippen molar-refractivity contribution in [2.75, 3.05) is 12.4 Å². The van der Waals surface area contributed by atoms with Crippen molar-refractivity contribution in [1.82, 2.24) is 10.7 Å². The predicted octanol–water partition coefficient (Wildman–Crippen LogP) is 1.05. The Morgan fingerprint density at radius 1 is 1.40 bits per heavy atom. The summed E-state index contributed by atoms with van der Waals surface area (Å²) in [5.41, 5.74) is 11.7. The Bertz CT molecular complexity index is 629. The molecule has 1 unspecified atom stereocenters. The van der Waals surface area contributed by atoms with Crippen LogP contribution in [0.2, 0.25) is 0 Å². The quantitative estimate of drug-likeness (QED) is 0.487. The minimum absolute atomic E-state index is 0.0293. The molecule has 0 aliphatic carbocycles. The SMILES string of the molecule is N=C(c1cc(C2=NNCN2)ccc1N)C1C=CN=CC1. The highest BCUT2D eigenvalue weighted by molar-refractivity contribution is 6.09. The Morgan fingerprint density at radius 3 is 3.00 bits per heavy atom. The lowest BCUT2D eigenvalue weighted by molar-refractivity contribution is 0.773. The van der Waals surface area contributed by atoms with Crippen LogP contribution in [0.25, 0.3) is 0 Å². The van der Waals surface area contributed by atoms with Gasteiger partial charge in [-0.1, -0.05) is 6.08 Å². The standard InChI is InChI=1S/C14H16N6/c15-12-2-1-10(14-18-8-19-20-14)7-11(12)13(16)9-3-5-17-6-4-9/h1-3,5-7,9,16,19H,4,8,15H2,(H,18,20). The van der Waals surface area contributed by atoms with Crippen molar-refractivity contribution in [3.63, 3.8) is 0 Å². The lowest BCUT2D eigenvalue weighted by Crippen LogP contribution is -2.22. The maximum atomic E-state index is 8.36. The molecule has 5 N–H and O–H groups in total. The van der Waals surface area contributed by atoms with E-state index in [1.54, 1.807) is 6.20 Å². The van der Waals surface area contributed by atoms with E-state index >= 15 is 0 Å². The topological polar surface area (TPSA) is 98.7 Å². The van der Waals surface area contributed by atoms with Crippen molar-refractivity contribution in [3.8, 4) is 0 Å². The number of anilines is 1. The van der Waals surface area contributed by atoms with E-state index in [4.69, 9.17) is 11.1 Å². The maximum absolute atomic E-state index is 8.36. The molecule has 102 valence electrons. The molecular formula is C14H16N6. The van der Waals surface area contributed by atoms with Gasteiger partial charge in [-0.15, -0.1) is 0 Å². The molecule has 0 saturated heterocycles. The predicted molar refractivity (Wildman–Crippen MR) is 81.1 cm³/mol. The van der Waals surface area contributed by atoms with E-state index in [9.17, 15) is 0 Å². The van der Waals surface area contributed by atoms with Crippen LogP contribution in [0, 0.1) is 11.3 Å². The second-order valence-electron chi connectivity index (χ2n) is 4.70. The summed E-state index contributed by atoms with van der Waals surface area (Å²) in [6, 6.07) is 5.64. The molecule has 3 rings (SSSR count). The number of nitrogen functional groups attached to an aromatic ring is 1. The Morgan fingerprint density at radius 2 is 2.30 bits per heavy atom. The highest BCUT2D eigenvalue weighted by Gasteiger charge is 2.18. The fourth-order valence-electron chi connectivity index (χ4n) is 2.27. The molecule has 6 heteroatoms. The van der Waals surface area contributed by atoms with Gasteiger partial charge >= 0.3 is 0 Å². The Balaban J connectivity index is 1.91. The van der Waals surface area contributed by atoms with Gasteiger partial charge in [0.15, 0.2) is 5.84 Å². The first kappa shape index (κ1) is 12.4. The molecule has 2 aliphatic rings. The van der Waals surface area contributed by atoms with Gasteiger partial charge in [-0.05, 0) is 24.6 Å². The first-order chi connectivity index (χ1) is 9.75. The van der Waals surface area contributed by atoms with Crippen LogP contribution in [0.1, 0.15) is 17.5 Å². The third kappa shape index (κ3) is 2.27. The van der Waals surface area contributed by atoms with Gasteiger partial charge in [0.25, 0.3) is 0 Å². The number of hydrazone groups is 1. The van der Waals surface area contributed by atoms with Gasteiger partial charge in [0, 0.05) is 40.9 Å². The number of hydrogen-bond acceptors (Lipinski definition) is 6. The van der Waals surface area contributed by atoms with E-state index in [0.29, 0.717) is 18.1 Å². The van der Waals surface area contributed by atoms with E-state index in [0.717, 1.165) is 23.4 Å². The minimum Gasteiger partial charge on any atom is -0.398 e. The molecule has 2 heterocycles. The number of allylic oxidation sites excluding steroid dienone is 1. The summed E-state index contributed by atoms with van der Waals surface area (Å²) >= 11 is 0. The summed E-state index contributed by atoms with van der Waals surface area (Å²) in [6.07, 6.45) is 6.22. The minimum atomic E-state index is 0.0293. The Hall–Kier alpha value is -2.63. The van der Waals surface area contributed by atoms with Crippen molar-refractivity contribution in [1.29, 1.82) is 5.41 Å². The third-order valence-corrected chi connectivity index (χ3v) is 3.38. The third-order valence-electron chi connectivity index (χ3n) is 3.38. The number of benzene rings is 1. The first-order valence-corrected chi connectivity index (χ1v) is 6.47. The second kappa shape index (κ2) is 5.16. The van der Waals surface area contributed by atoms with Gasteiger partial charge in [0.2, 0.25) is 0 Å². The van der Waals surface area contributed by atoms with Crippen molar-refractivity contribution in [2.24, 2.45) is 16.0 Å². The summed E-state index contributed by atoms with van der Waals surface area (Å²) in [4.78, 5) is 4.04. The number of aliphatic imine (C=N–C) groups is 1. The molecule has 20 heavy (non-hydrogen) atoms. The zero-order chi connectivity index (χ0) is 13.9. The summed E-state index contributed by atoms with van der Waals surface area (Å²) in [5, 5.41) is 15.7. The zero-order valence-corrected chi connectivity index (χ0v) is 10.9. The van der Waals surface area contributed by atoms with E-state index in [1.165, 1.54) is 0 Å². The van der Waals surface area contributed by atoms with Crippen LogP contribution in [0.5, 0.6) is 0 Å². The van der Waals surface area contributed by atoms with Crippen LogP contribution in [-0.2, 0) is 0 Å². The highest BCUT2D eigenvalue weighted by atomic mass is 15.4. The number of amidine groups is 1. The Kier molecular flexibility index (Phi) is 3.20. The average Bonchev–Trinajstić information content (AvgIpc) is 3.02. The molecular weight excluding hydrogens is 252 g/mol. The molecule has 0 aromatic heterocycles. The van der Waals surface area contributed by atoms with E-state index in [-0.39, 0.29) is 5.92 Å². The average molecular weight is 268 g/mol. The van der Waals surface area contributed by atoms with Crippen LogP contribution >= 0.6 is 0 Å². The molecule has 0 saturated carbocycles. The summed E-state index contributed by atoms with van der Waals surface area (Å²) in [5.74, 6) is 0.807. The molecule has 0 spiro atoms. The van der Waals surface area contributed by atoms with Crippen molar-refractivity contribution in [2.45, 2.75) is 6.42 Å². The van der Waals surface area contributed by atoms with Crippen LogP contribution in [0.15, 0.2) is 40.6 Å². The summed E-state index contributed by atoms with van der Waals surface area (Å²) in [7, 11) is 0. The molecule has 6 nitrogen and oxygen atoms in total. The Labute approximate surface area is 117 Å². The van der Waals surface area contributed by atoms with Crippen LogP contribution in [0.4, 0.5) is 5.69 Å². The largest absolute Gasteiger partial charge is 0.398 e. The zero-order valence-electron chi connectivity index (χ0n) is 10.9. The van der Waals surface area contributed by atoms with E-state index < -0.39 is 0 Å². The number of nitrogens with two attached hydrogens (primary N) is 1. The molecule has 0 bridgehead atoms. The summed E-state index contributed by atoms with van der Waals surface area (Å²) < 4.78 is 0. The maximum Gasteiger partial charge on any atom is 0.154 e. The molecule has 1 atom stereocenters. The lowest BCUT2D eigenvalue weighted by atomic mass is 9.91.